The van der Waals surface area contributed by atoms with Crippen molar-refractivity contribution in [3.63, 3.8) is 0 Å². The van der Waals surface area contributed by atoms with Gasteiger partial charge in [-0.05, 0) is 24.6 Å². The quantitative estimate of drug-likeness (QED) is 0.272. The Kier molecular flexibility index (Phi) is 4.64. The Bertz CT molecular complexity index is 818. The maximum Gasteiger partial charge on any atom is 0.434 e. The fourth-order valence-corrected chi connectivity index (χ4v) is 1.79. The van der Waals surface area contributed by atoms with E-state index in [1.807, 2.05) is 0 Å². The van der Waals surface area contributed by atoms with Gasteiger partial charge in [0.1, 0.15) is 7.05 Å². The molecule has 1 N–H and O–H groups in total. The number of ether oxygens (including phenoxy) is 1. The van der Waals surface area contributed by atoms with E-state index in [-0.39, 0.29) is 18.0 Å². The van der Waals surface area contributed by atoms with Crippen molar-refractivity contribution in [3.05, 3.63) is 56.0 Å². The van der Waals surface area contributed by atoms with Gasteiger partial charge in [-0.1, -0.05) is 10.3 Å². The highest BCUT2D eigenvalue weighted by Gasteiger charge is 2.27. The van der Waals surface area contributed by atoms with Crippen LogP contribution in [0, 0.1) is 10.1 Å². The molecule has 1 aromatic carbocycles. The van der Waals surface area contributed by atoms with Gasteiger partial charge in [-0.15, -0.1) is 4.68 Å². The van der Waals surface area contributed by atoms with Crippen molar-refractivity contribution in [1.29, 1.82) is 0 Å². The van der Waals surface area contributed by atoms with E-state index in [0.717, 1.165) is 4.79 Å². The summed E-state index contributed by atoms with van der Waals surface area (Å²) in [7, 11) is 1.48. The molecule has 0 radical (unpaired) electrons. The highest BCUT2D eigenvalue weighted by Crippen LogP contribution is 2.10. The van der Waals surface area contributed by atoms with Crippen molar-refractivity contribution in [1.82, 2.24) is 10.0 Å². The number of nitrogens with zero attached hydrogens (tertiary/aromatic N) is 4. The molecule has 23 heavy (non-hydrogen) atoms. The Morgan fingerprint density at radius 1 is 1.48 bits per heavy atom. The van der Waals surface area contributed by atoms with Gasteiger partial charge in [0.05, 0.1) is 17.7 Å². The summed E-state index contributed by atoms with van der Waals surface area (Å²) in [6, 6.07) is 5.62. The number of carbonyl (C=O) groups is 1. The lowest BCUT2D eigenvalue weighted by atomic mass is 10.2. The molecule has 10 nitrogen and oxygen atoms in total. The average Bonchev–Trinajstić information content (AvgIpc) is 2.80. The molecule has 2 rings (SSSR count). The number of rotatable bonds is 5. The summed E-state index contributed by atoms with van der Waals surface area (Å²) in [6.07, 6.45) is 1.33. The number of esters is 1. The molecule has 0 fully saturated rings. The molecule has 1 heterocycles. The molecule has 120 valence electrons. The Labute approximate surface area is 129 Å². The second kappa shape index (κ2) is 6.64. The standard InChI is InChI=1S/C13H13N5O5/c1-3-23-13(20)11-12(19)17(15-16(11)2)14-8-9-4-6-10(7-5-9)18(21)22/h4-8H,3H2,1-2H3/p+1/b14-8+. The van der Waals surface area contributed by atoms with Crippen LogP contribution < -0.4 is 10.2 Å². The van der Waals surface area contributed by atoms with E-state index in [0.29, 0.717) is 5.56 Å². The van der Waals surface area contributed by atoms with Gasteiger partial charge in [-0.3, -0.25) is 10.1 Å². The van der Waals surface area contributed by atoms with Crippen molar-refractivity contribution in [2.24, 2.45) is 12.1 Å². The third kappa shape index (κ3) is 3.48. The Morgan fingerprint density at radius 2 is 2.13 bits per heavy atom. The second-order valence-electron chi connectivity index (χ2n) is 4.44. The highest BCUT2D eigenvalue weighted by molar-refractivity contribution is 5.85. The van der Waals surface area contributed by atoms with Crippen LogP contribution in [0.5, 0.6) is 0 Å². The lowest BCUT2D eigenvalue weighted by Gasteiger charge is -1.94. The molecule has 0 amide bonds. The number of aromatic nitrogens is 3. The first-order valence-electron chi connectivity index (χ1n) is 6.61. The largest absolute Gasteiger partial charge is 0.459 e. The van der Waals surface area contributed by atoms with Crippen molar-refractivity contribution in [2.75, 3.05) is 6.61 Å². The van der Waals surface area contributed by atoms with Crippen LogP contribution in [0.25, 0.3) is 0 Å². The number of carbonyl (C=O) groups excluding carboxylic acids is 1. The van der Waals surface area contributed by atoms with Gasteiger partial charge in [-0.25, -0.2) is 9.59 Å². The van der Waals surface area contributed by atoms with Gasteiger partial charge in [0.2, 0.25) is 0 Å². The molecule has 0 atom stereocenters. The molecule has 0 aliphatic carbocycles. The van der Waals surface area contributed by atoms with Crippen LogP contribution >= 0.6 is 0 Å². The van der Waals surface area contributed by atoms with Crippen molar-refractivity contribution < 1.29 is 19.1 Å². The Hall–Kier alpha value is -3.30. The zero-order valence-electron chi connectivity index (χ0n) is 12.4. The minimum Gasteiger partial charge on any atom is -0.459 e. The molecule has 0 unspecified atom stereocenters. The summed E-state index contributed by atoms with van der Waals surface area (Å²) >= 11 is 0. The van der Waals surface area contributed by atoms with E-state index >= 15 is 0 Å². The number of nitro groups is 1. The minimum absolute atomic E-state index is 0.0461. The fourth-order valence-electron chi connectivity index (χ4n) is 1.79. The van der Waals surface area contributed by atoms with Crippen LogP contribution in [0.15, 0.2) is 34.2 Å². The van der Waals surface area contributed by atoms with E-state index in [1.165, 1.54) is 42.2 Å². The molecular formula is C13H14N5O5+. The van der Waals surface area contributed by atoms with Gasteiger partial charge in [0, 0.05) is 16.9 Å². The second-order valence-corrected chi connectivity index (χ2v) is 4.44. The number of nitrogens with one attached hydrogen (secondary N) is 1. The van der Waals surface area contributed by atoms with E-state index in [1.54, 1.807) is 6.92 Å². The zero-order chi connectivity index (χ0) is 17.0. The lowest BCUT2D eigenvalue weighted by Crippen LogP contribution is -2.39. The Balaban J connectivity index is 2.26. The number of hydrogen-bond donors (Lipinski definition) is 1. The summed E-state index contributed by atoms with van der Waals surface area (Å²) in [5, 5.41) is 17.0. The molecule has 2 aromatic rings. The number of aryl methyl sites for hydroxylation is 1. The van der Waals surface area contributed by atoms with Crippen LogP contribution in [0.2, 0.25) is 0 Å². The third-order valence-corrected chi connectivity index (χ3v) is 2.87. The summed E-state index contributed by atoms with van der Waals surface area (Å²) < 4.78 is 5.99. The van der Waals surface area contributed by atoms with Gasteiger partial charge >= 0.3 is 17.2 Å². The molecule has 10 heteroatoms. The summed E-state index contributed by atoms with van der Waals surface area (Å²) in [6.45, 7) is 1.78. The van der Waals surface area contributed by atoms with Crippen molar-refractivity contribution >= 4 is 17.9 Å². The Morgan fingerprint density at radius 3 is 2.70 bits per heavy atom. The number of aromatic amines is 1. The zero-order valence-corrected chi connectivity index (χ0v) is 12.4. The van der Waals surface area contributed by atoms with E-state index in [2.05, 4.69) is 10.3 Å². The van der Waals surface area contributed by atoms with Crippen LogP contribution in [0.4, 0.5) is 5.69 Å². The predicted molar refractivity (Wildman–Crippen MR) is 78.3 cm³/mol. The molecule has 0 saturated heterocycles. The van der Waals surface area contributed by atoms with E-state index in [9.17, 15) is 19.7 Å². The summed E-state index contributed by atoms with van der Waals surface area (Å²) in [5.41, 5.74) is -0.343. The first-order valence-corrected chi connectivity index (χ1v) is 6.61. The molecule has 1 aromatic heterocycles. The summed E-state index contributed by atoms with van der Waals surface area (Å²) in [4.78, 5) is 34.7. The number of H-pyrrole nitrogens is 1. The van der Waals surface area contributed by atoms with Crippen LogP contribution in [-0.2, 0) is 11.8 Å². The SMILES string of the molecule is CCOC(=O)c1c(=O)n(/N=C/c2ccc([N+](=O)[O-])cc2)[nH][n+]1C. The monoisotopic (exact) mass is 320 g/mol. The minimum atomic E-state index is -0.750. The molecule has 0 aliphatic heterocycles. The summed E-state index contributed by atoms with van der Waals surface area (Å²) in [5.74, 6) is -0.750. The molecule has 0 aliphatic rings. The number of hydrogen-bond acceptors (Lipinski definition) is 6. The van der Waals surface area contributed by atoms with E-state index < -0.39 is 16.5 Å². The molecule has 0 spiro atoms. The number of non-ortho nitro benzene ring substituents is 1. The maximum absolute atomic E-state index is 12.1. The third-order valence-electron chi connectivity index (χ3n) is 2.87. The normalized spacial score (nSPS) is 10.9. The maximum atomic E-state index is 12.1. The first kappa shape index (κ1) is 16.1. The topological polar surface area (TPSA) is 123 Å². The van der Waals surface area contributed by atoms with Gasteiger partial charge in [0.25, 0.3) is 5.69 Å². The van der Waals surface area contributed by atoms with Crippen LogP contribution in [-0.4, -0.2) is 33.7 Å². The average molecular weight is 320 g/mol. The molecular weight excluding hydrogens is 306 g/mol. The van der Waals surface area contributed by atoms with Gasteiger partial charge in [0.15, 0.2) is 0 Å². The number of benzene rings is 1. The smallest absolute Gasteiger partial charge is 0.434 e. The van der Waals surface area contributed by atoms with Crippen LogP contribution in [0.3, 0.4) is 0 Å². The fraction of sp³-hybridized carbons (Fsp3) is 0.231. The predicted octanol–water partition coefficient (Wildman–Crippen LogP) is -0.0320. The molecule has 0 bridgehead atoms. The number of nitro benzene ring substituents is 1. The van der Waals surface area contributed by atoms with Crippen molar-refractivity contribution in [3.8, 4) is 0 Å². The van der Waals surface area contributed by atoms with Crippen LogP contribution in [0.1, 0.15) is 23.0 Å². The molecule has 0 saturated carbocycles. The highest BCUT2D eigenvalue weighted by atomic mass is 16.6. The van der Waals surface area contributed by atoms with E-state index in [4.69, 9.17) is 4.74 Å². The first-order chi connectivity index (χ1) is 10.9. The van der Waals surface area contributed by atoms with Gasteiger partial charge < -0.3 is 4.74 Å². The van der Waals surface area contributed by atoms with Crippen molar-refractivity contribution in [2.45, 2.75) is 6.92 Å². The lowest BCUT2D eigenvalue weighted by molar-refractivity contribution is -0.734. The van der Waals surface area contributed by atoms with Gasteiger partial charge in [-0.2, -0.15) is 0 Å².